The molecule has 0 aliphatic heterocycles. The van der Waals surface area contributed by atoms with Gasteiger partial charge in [-0.25, -0.2) is 4.98 Å². The predicted octanol–water partition coefficient (Wildman–Crippen LogP) is 5.89. The average Bonchev–Trinajstić information content (AvgIpc) is 3.00. The molecule has 0 atom stereocenters. The van der Waals surface area contributed by atoms with Crippen molar-refractivity contribution >= 4 is 64.9 Å². The average molecular weight is 434 g/mol. The van der Waals surface area contributed by atoms with E-state index in [4.69, 9.17) is 28.9 Å². The Hall–Kier alpha value is -1.46. The molecule has 3 aromatic rings. The number of nitrogens with one attached hydrogen (secondary N) is 1. The molecule has 3 N–H and O–H groups in total. The Balaban J connectivity index is 0.00000169. The van der Waals surface area contributed by atoms with E-state index in [1.54, 1.807) is 12.1 Å². The van der Waals surface area contributed by atoms with Gasteiger partial charge in [0.25, 0.3) is 0 Å². The molecule has 2 aromatic carbocycles. The van der Waals surface area contributed by atoms with Gasteiger partial charge in [-0.3, -0.25) is 4.99 Å². The maximum absolute atomic E-state index is 6.08. The molecule has 26 heavy (non-hydrogen) atoms. The largest absolute Gasteiger partial charge is 0.384 e. The van der Waals surface area contributed by atoms with E-state index in [0.29, 0.717) is 15.9 Å². The SMILES string of the molecule is CCCCN=C(N)c1ccc2nc(-c3ccc(Cl)c(Cl)c3)[nH]c2c1.Cl.Cl. The highest BCUT2D eigenvalue weighted by molar-refractivity contribution is 6.42. The molecule has 0 amide bonds. The summed E-state index contributed by atoms with van der Waals surface area (Å²) in [5, 5.41) is 1.03. The lowest BCUT2D eigenvalue weighted by Gasteiger charge is -2.01. The first kappa shape index (κ1) is 22.6. The molecule has 0 saturated heterocycles. The highest BCUT2D eigenvalue weighted by atomic mass is 35.5. The van der Waals surface area contributed by atoms with Crippen molar-refractivity contribution in [1.82, 2.24) is 9.97 Å². The zero-order chi connectivity index (χ0) is 17.1. The lowest BCUT2D eigenvalue weighted by Crippen LogP contribution is -2.13. The normalized spacial score (nSPS) is 11.1. The van der Waals surface area contributed by atoms with Crippen LogP contribution in [0.4, 0.5) is 0 Å². The minimum atomic E-state index is 0. The van der Waals surface area contributed by atoms with Crippen molar-refractivity contribution in [3.05, 3.63) is 52.0 Å². The molecule has 0 bridgehead atoms. The van der Waals surface area contributed by atoms with Gasteiger partial charge in [0.2, 0.25) is 0 Å². The van der Waals surface area contributed by atoms with Crippen molar-refractivity contribution in [3.8, 4) is 11.4 Å². The number of hydrogen-bond acceptors (Lipinski definition) is 2. The third-order valence-electron chi connectivity index (χ3n) is 3.76. The van der Waals surface area contributed by atoms with E-state index in [2.05, 4.69) is 21.9 Å². The number of unbranched alkanes of at least 4 members (excludes halogenated alkanes) is 1. The van der Waals surface area contributed by atoms with Crippen molar-refractivity contribution in [2.75, 3.05) is 6.54 Å². The lowest BCUT2D eigenvalue weighted by molar-refractivity contribution is 0.807. The molecule has 0 radical (unpaired) electrons. The Morgan fingerprint density at radius 3 is 2.58 bits per heavy atom. The van der Waals surface area contributed by atoms with Crippen molar-refractivity contribution in [2.45, 2.75) is 19.8 Å². The summed E-state index contributed by atoms with van der Waals surface area (Å²) in [6.45, 7) is 2.88. The predicted molar refractivity (Wildman–Crippen MR) is 117 cm³/mol. The van der Waals surface area contributed by atoms with E-state index < -0.39 is 0 Å². The van der Waals surface area contributed by atoms with Gasteiger partial charge >= 0.3 is 0 Å². The number of halogens is 4. The van der Waals surface area contributed by atoms with Crippen LogP contribution in [0, 0.1) is 0 Å². The molecule has 8 heteroatoms. The number of fused-ring (bicyclic) bond motifs is 1. The fourth-order valence-corrected chi connectivity index (χ4v) is 2.70. The number of amidine groups is 1. The summed E-state index contributed by atoms with van der Waals surface area (Å²) in [4.78, 5) is 12.3. The van der Waals surface area contributed by atoms with Gasteiger partial charge in [0, 0.05) is 17.7 Å². The zero-order valence-electron chi connectivity index (χ0n) is 14.1. The Morgan fingerprint density at radius 2 is 1.88 bits per heavy atom. The number of aromatic amines is 1. The Kier molecular flexibility index (Phi) is 8.71. The summed E-state index contributed by atoms with van der Waals surface area (Å²) in [7, 11) is 0. The molecule has 0 spiro atoms. The quantitative estimate of drug-likeness (QED) is 0.299. The first-order valence-corrected chi connectivity index (χ1v) is 8.59. The summed E-state index contributed by atoms with van der Waals surface area (Å²) in [5.41, 5.74) is 9.60. The van der Waals surface area contributed by atoms with Crippen molar-refractivity contribution in [1.29, 1.82) is 0 Å². The Labute approximate surface area is 175 Å². The standard InChI is InChI=1S/C18H18Cl2N4.2ClH/c1-2-3-8-22-17(21)11-5-7-15-16(10-11)24-18(23-15)12-4-6-13(19)14(20)9-12;;/h4-7,9-10H,2-3,8H2,1H3,(H2,21,22)(H,23,24);2*1H. The van der Waals surface area contributed by atoms with Crippen LogP contribution in [0.2, 0.25) is 10.0 Å². The van der Waals surface area contributed by atoms with Gasteiger partial charge in [-0.1, -0.05) is 36.5 Å². The minimum Gasteiger partial charge on any atom is -0.384 e. The van der Waals surface area contributed by atoms with Gasteiger partial charge in [-0.05, 0) is 42.8 Å². The van der Waals surface area contributed by atoms with Crippen LogP contribution in [-0.4, -0.2) is 22.3 Å². The van der Waals surface area contributed by atoms with Crippen LogP contribution in [0.15, 0.2) is 41.4 Å². The fraction of sp³-hybridized carbons (Fsp3) is 0.222. The molecule has 1 heterocycles. The summed E-state index contributed by atoms with van der Waals surface area (Å²) >= 11 is 12.0. The highest BCUT2D eigenvalue weighted by Crippen LogP contribution is 2.28. The maximum atomic E-state index is 6.08. The summed E-state index contributed by atoms with van der Waals surface area (Å²) in [5.74, 6) is 1.29. The Bertz CT molecular complexity index is 905. The smallest absolute Gasteiger partial charge is 0.138 e. The number of aliphatic imine (C=N–C) groups is 1. The van der Waals surface area contributed by atoms with Crippen LogP contribution < -0.4 is 5.73 Å². The number of rotatable bonds is 5. The summed E-state index contributed by atoms with van der Waals surface area (Å²) in [6, 6.07) is 11.3. The van der Waals surface area contributed by atoms with Crippen LogP contribution in [0.5, 0.6) is 0 Å². The molecule has 0 aliphatic rings. The molecule has 0 fully saturated rings. The fourth-order valence-electron chi connectivity index (χ4n) is 2.40. The van der Waals surface area contributed by atoms with Crippen LogP contribution in [0.3, 0.4) is 0 Å². The van der Waals surface area contributed by atoms with Crippen molar-refractivity contribution in [2.24, 2.45) is 10.7 Å². The molecule has 4 nitrogen and oxygen atoms in total. The minimum absolute atomic E-state index is 0. The first-order valence-electron chi connectivity index (χ1n) is 7.84. The van der Waals surface area contributed by atoms with E-state index in [0.717, 1.165) is 47.4 Å². The number of imidazole rings is 1. The molecular formula is C18H20Cl4N4. The molecule has 0 saturated carbocycles. The van der Waals surface area contributed by atoms with Crippen molar-refractivity contribution < 1.29 is 0 Å². The van der Waals surface area contributed by atoms with Crippen LogP contribution in [-0.2, 0) is 0 Å². The number of hydrogen-bond donors (Lipinski definition) is 2. The maximum Gasteiger partial charge on any atom is 0.138 e. The van der Waals surface area contributed by atoms with E-state index in [-0.39, 0.29) is 24.8 Å². The van der Waals surface area contributed by atoms with Gasteiger partial charge < -0.3 is 10.7 Å². The number of nitrogens with two attached hydrogens (primary N) is 1. The van der Waals surface area contributed by atoms with Crippen LogP contribution >= 0.6 is 48.0 Å². The number of nitrogens with zero attached hydrogens (tertiary/aromatic N) is 2. The first-order chi connectivity index (χ1) is 11.6. The van der Waals surface area contributed by atoms with Crippen molar-refractivity contribution in [3.63, 3.8) is 0 Å². The molecule has 1 aromatic heterocycles. The molecular weight excluding hydrogens is 414 g/mol. The van der Waals surface area contributed by atoms with Gasteiger partial charge in [-0.15, -0.1) is 24.8 Å². The van der Waals surface area contributed by atoms with E-state index in [1.165, 1.54) is 0 Å². The van der Waals surface area contributed by atoms with Gasteiger partial charge in [-0.2, -0.15) is 0 Å². The number of aromatic nitrogens is 2. The van der Waals surface area contributed by atoms with Gasteiger partial charge in [0.15, 0.2) is 0 Å². The monoisotopic (exact) mass is 432 g/mol. The van der Waals surface area contributed by atoms with E-state index >= 15 is 0 Å². The number of benzene rings is 2. The number of H-pyrrole nitrogens is 1. The second kappa shape index (κ2) is 10.0. The topological polar surface area (TPSA) is 67.1 Å². The van der Waals surface area contributed by atoms with Gasteiger partial charge in [0.05, 0.1) is 21.1 Å². The lowest BCUT2D eigenvalue weighted by atomic mass is 10.2. The third-order valence-corrected chi connectivity index (χ3v) is 4.50. The van der Waals surface area contributed by atoms with Crippen LogP contribution in [0.1, 0.15) is 25.3 Å². The van der Waals surface area contributed by atoms with E-state index in [1.807, 2.05) is 24.3 Å². The molecule has 3 rings (SSSR count). The zero-order valence-corrected chi connectivity index (χ0v) is 17.3. The highest BCUT2D eigenvalue weighted by Gasteiger charge is 2.09. The van der Waals surface area contributed by atoms with Crippen LogP contribution in [0.25, 0.3) is 22.4 Å². The summed E-state index contributed by atoms with van der Waals surface area (Å²) in [6.07, 6.45) is 2.14. The van der Waals surface area contributed by atoms with E-state index in [9.17, 15) is 0 Å². The summed E-state index contributed by atoms with van der Waals surface area (Å²) < 4.78 is 0. The molecule has 0 unspecified atom stereocenters. The Morgan fingerprint density at radius 1 is 1.12 bits per heavy atom. The molecule has 140 valence electrons. The van der Waals surface area contributed by atoms with Gasteiger partial charge in [0.1, 0.15) is 11.7 Å². The second-order valence-electron chi connectivity index (χ2n) is 5.57. The molecule has 0 aliphatic carbocycles. The third kappa shape index (κ3) is 5.04. The second-order valence-corrected chi connectivity index (χ2v) is 6.38.